The highest BCUT2D eigenvalue weighted by Gasteiger charge is 2.35. The Morgan fingerprint density at radius 2 is 1.71 bits per heavy atom. The average Bonchev–Trinajstić information content (AvgIpc) is 2.90. The van der Waals surface area contributed by atoms with Crippen LogP contribution in [0.4, 0.5) is 0 Å². The van der Waals surface area contributed by atoms with E-state index in [-0.39, 0.29) is 5.60 Å². The van der Waals surface area contributed by atoms with Gasteiger partial charge in [0.1, 0.15) is 0 Å². The van der Waals surface area contributed by atoms with Crippen molar-refractivity contribution in [1.82, 2.24) is 0 Å². The minimum absolute atomic E-state index is 0.245. The zero-order valence-electron chi connectivity index (χ0n) is 11.2. The Bertz CT molecular complexity index is 215. The summed E-state index contributed by atoms with van der Waals surface area (Å²) in [6.07, 6.45) is 12.5. The molecule has 0 radical (unpaired) electrons. The predicted molar refractivity (Wildman–Crippen MR) is 81.8 cm³/mol. The number of halogens is 1. The molecule has 0 atom stereocenters. The molecule has 0 aromatic heterocycles. The van der Waals surface area contributed by atoms with Gasteiger partial charge in [-0.15, -0.1) is 0 Å². The van der Waals surface area contributed by atoms with E-state index in [1.807, 2.05) is 0 Å². The summed E-state index contributed by atoms with van der Waals surface area (Å²) in [5, 5.41) is 0. The second kappa shape index (κ2) is 6.74. The molecule has 0 aliphatic heterocycles. The van der Waals surface area contributed by atoms with Crippen molar-refractivity contribution in [2.45, 2.75) is 70.3 Å². The zero-order chi connectivity index (χ0) is 12.1. The molecule has 0 heterocycles. The van der Waals surface area contributed by atoms with Crippen LogP contribution in [0.2, 0.25) is 0 Å². The van der Waals surface area contributed by atoms with Gasteiger partial charge in [0.25, 0.3) is 0 Å². The Kier molecular flexibility index (Phi) is 5.59. The van der Waals surface area contributed by atoms with Crippen LogP contribution in [0.25, 0.3) is 0 Å². The summed E-state index contributed by atoms with van der Waals surface area (Å²) < 4.78 is 7.58. The van der Waals surface area contributed by atoms with Crippen molar-refractivity contribution in [2.75, 3.05) is 11.0 Å². The molecule has 100 valence electrons. The van der Waals surface area contributed by atoms with Crippen molar-refractivity contribution in [3.63, 3.8) is 0 Å². The third kappa shape index (κ3) is 3.82. The van der Waals surface area contributed by atoms with Crippen LogP contribution in [-0.2, 0) is 4.74 Å². The number of hydrogen-bond donors (Lipinski definition) is 0. The summed E-state index contributed by atoms with van der Waals surface area (Å²) in [4.78, 5) is 0. The standard InChI is InChI=1S/C15H27IO/c1-2-13-7-9-15(12-16,10-8-13)17-11-14-5-3-4-6-14/h13-14H,2-12H2,1H3. The van der Waals surface area contributed by atoms with Crippen molar-refractivity contribution in [1.29, 1.82) is 0 Å². The SMILES string of the molecule is CCC1CCC(CI)(OCC2CCCC2)CC1. The summed E-state index contributed by atoms with van der Waals surface area (Å²) in [7, 11) is 0. The maximum absolute atomic E-state index is 6.39. The van der Waals surface area contributed by atoms with E-state index < -0.39 is 0 Å². The lowest BCUT2D eigenvalue weighted by Gasteiger charge is -2.39. The van der Waals surface area contributed by atoms with Gasteiger partial charge in [-0.3, -0.25) is 0 Å². The van der Waals surface area contributed by atoms with Gasteiger partial charge in [-0.25, -0.2) is 0 Å². The molecule has 0 amide bonds. The average molecular weight is 350 g/mol. The summed E-state index contributed by atoms with van der Waals surface area (Å²) in [6.45, 7) is 3.38. The van der Waals surface area contributed by atoms with E-state index in [2.05, 4.69) is 29.5 Å². The van der Waals surface area contributed by atoms with E-state index in [1.54, 1.807) is 0 Å². The summed E-state index contributed by atoms with van der Waals surface area (Å²) >= 11 is 2.54. The van der Waals surface area contributed by atoms with Crippen LogP contribution in [0.3, 0.4) is 0 Å². The Hall–Kier alpha value is 0.690. The minimum Gasteiger partial charge on any atom is -0.374 e. The fraction of sp³-hybridized carbons (Fsp3) is 1.00. The first kappa shape index (κ1) is 14.1. The maximum atomic E-state index is 6.39. The Morgan fingerprint density at radius 3 is 2.24 bits per heavy atom. The highest BCUT2D eigenvalue weighted by molar-refractivity contribution is 14.1. The molecule has 2 heteroatoms. The molecule has 0 unspecified atom stereocenters. The fourth-order valence-corrected chi connectivity index (χ4v) is 4.38. The molecule has 1 nitrogen and oxygen atoms in total. The van der Waals surface area contributed by atoms with Gasteiger partial charge >= 0.3 is 0 Å². The van der Waals surface area contributed by atoms with Crippen LogP contribution >= 0.6 is 22.6 Å². The van der Waals surface area contributed by atoms with E-state index in [0.29, 0.717) is 0 Å². The first-order chi connectivity index (χ1) is 8.28. The number of ether oxygens (including phenoxy) is 1. The molecule has 2 aliphatic rings. The van der Waals surface area contributed by atoms with Gasteiger partial charge in [-0.05, 0) is 50.4 Å². The van der Waals surface area contributed by atoms with Crippen molar-refractivity contribution in [2.24, 2.45) is 11.8 Å². The molecule has 17 heavy (non-hydrogen) atoms. The molecular weight excluding hydrogens is 323 g/mol. The van der Waals surface area contributed by atoms with Crippen LogP contribution in [0, 0.1) is 11.8 Å². The zero-order valence-corrected chi connectivity index (χ0v) is 13.4. The van der Waals surface area contributed by atoms with Crippen molar-refractivity contribution >= 4 is 22.6 Å². The van der Waals surface area contributed by atoms with Crippen LogP contribution < -0.4 is 0 Å². The lowest BCUT2D eigenvalue weighted by molar-refractivity contribution is -0.0717. The molecule has 0 aromatic carbocycles. The quantitative estimate of drug-likeness (QED) is 0.503. The van der Waals surface area contributed by atoms with Crippen LogP contribution in [-0.4, -0.2) is 16.6 Å². The summed E-state index contributed by atoms with van der Waals surface area (Å²) in [6, 6.07) is 0. The molecule has 0 N–H and O–H groups in total. The van der Waals surface area contributed by atoms with Gasteiger partial charge in [0, 0.05) is 4.43 Å². The van der Waals surface area contributed by atoms with E-state index in [4.69, 9.17) is 4.74 Å². The Balaban J connectivity index is 1.78. The third-order valence-electron chi connectivity index (χ3n) is 4.94. The lowest BCUT2D eigenvalue weighted by Crippen LogP contribution is -2.40. The van der Waals surface area contributed by atoms with Gasteiger partial charge in [0.2, 0.25) is 0 Å². The highest BCUT2D eigenvalue weighted by atomic mass is 127. The molecule has 0 saturated heterocycles. The smallest absolute Gasteiger partial charge is 0.0771 e. The highest BCUT2D eigenvalue weighted by Crippen LogP contribution is 2.38. The van der Waals surface area contributed by atoms with Gasteiger partial charge < -0.3 is 4.74 Å². The van der Waals surface area contributed by atoms with Gasteiger partial charge in [-0.1, -0.05) is 48.8 Å². The van der Waals surface area contributed by atoms with E-state index in [1.165, 1.54) is 62.2 Å². The molecular formula is C15H27IO. The molecule has 0 aromatic rings. The number of hydrogen-bond acceptors (Lipinski definition) is 1. The van der Waals surface area contributed by atoms with E-state index >= 15 is 0 Å². The monoisotopic (exact) mass is 350 g/mol. The summed E-state index contributed by atoms with van der Waals surface area (Å²) in [5.74, 6) is 1.85. The topological polar surface area (TPSA) is 9.23 Å². The van der Waals surface area contributed by atoms with Crippen molar-refractivity contribution in [3.8, 4) is 0 Å². The van der Waals surface area contributed by atoms with Crippen LogP contribution in [0.5, 0.6) is 0 Å². The second-order valence-electron chi connectivity index (χ2n) is 6.13. The first-order valence-electron chi connectivity index (χ1n) is 7.48. The van der Waals surface area contributed by atoms with E-state index in [9.17, 15) is 0 Å². The predicted octanol–water partition coefficient (Wildman–Crippen LogP) is 4.97. The third-order valence-corrected chi connectivity index (χ3v) is 6.33. The molecule has 2 rings (SSSR count). The second-order valence-corrected chi connectivity index (χ2v) is 6.89. The largest absolute Gasteiger partial charge is 0.374 e. The normalized spacial score (nSPS) is 35.3. The molecule has 2 saturated carbocycles. The summed E-state index contributed by atoms with van der Waals surface area (Å²) in [5.41, 5.74) is 0.245. The fourth-order valence-electron chi connectivity index (χ4n) is 3.40. The molecule has 0 spiro atoms. The van der Waals surface area contributed by atoms with Crippen LogP contribution in [0.15, 0.2) is 0 Å². The molecule has 2 fully saturated rings. The molecule has 0 bridgehead atoms. The molecule has 2 aliphatic carbocycles. The maximum Gasteiger partial charge on any atom is 0.0771 e. The van der Waals surface area contributed by atoms with Crippen molar-refractivity contribution < 1.29 is 4.74 Å². The van der Waals surface area contributed by atoms with E-state index in [0.717, 1.165) is 18.4 Å². The first-order valence-corrected chi connectivity index (χ1v) is 9.00. The Morgan fingerprint density at radius 1 is 1.06 bits per heavy atom. The Labute approximate surface area is 120 Å². The van der Waals surface area contributed by atoms with Gasteiger partial charge in [0.05, 0.1) is 12.2 Å². The van der Waals surface area contributed by atoms with Gasteiger partial charge in [-0.2, -0.15) is 0 Å². The van der Waals surface area contributed by atoms with Gasteiger partial charge in [0.15, 0.2) is 0 Å². The van der Waals surface area contributed by atoms with Crippen LogP contribution in [0.1, 0.15) is 64.7 Å². The van der Waals surface area contributed by atoms with Crippen molar-refractivity contribution in [3.05, 3.63) is 0 Å². The number of rotatable bonds is 5. The lowest BCUT2D eigenvalue weighted by atomic mass is 9.78. The number of alkyl halides is 1. The minimum atomic E-state index is 0.245.